The van der Waals surface area contributed by atoms with Crippen molar-refractivity contribution in [2.75, 3.05) is 6.54 Å². The lowest BCUT2D eigenvalue weighted by atomic mass is 9.67. The van der Waals surface area contributed by atoms with Crippen LogP contribution >= 0.6 is 10.7 Å². The van der Waals surface area contributed by atoms with Gasteiger partial charge in [-0.1, -0.05) is 19.4 Å². The monoisotopic (exact) mass is 315 g/mol. The molecule has 1 saturated carbocycles. The molecule has 1 amide bonds. The number of hydrogen-bond acceptors (Lipinski definition) is 3. The Bertz CT molecular complexity index is 603. The minimum Gasteiger partial charge on any atom is -0.351 e. The molecule has 0 aliphatic heterocycles. The molecule has 6 heteroatoms. The highest BCUT2D eigenvalue weighted by molar-refractivity contribution is 8.13. The molecule has 2 rings (SSSR count). The summed E-state index contributed by atoms with van der Waals surface area (Å²) in [5.41, 5.74) is 0.545. The summed E-state index contributed by atoms with van der Waals surface area (Å²) < 4.78 is 22.5. The Labute approximate surface area is 123 Å². The summed E-state index contributed by atoms with van der Waals surface area (Å²) in [6.45, 7) is 2.77. The maximum atomic E-state index is 12.1. The van der Waals surface area contributed by atoms with Crippen molar-refractivity contribution in [1.82, 2.24) is 5.32 Å². The van der Waals surface area contributed by atoms with Crippen molar-refractivity contribution in [2.24, 2.45) is 5.41 Å². The summed E-state index contributed by atoms with van der Waals surface area (Å²) in [6, 6.07) is 5.78. The van der Waals surface area contributed by atoms with E-state index >= 15 is 0 Å². The van der Waals surface area contributed by atoms with Crippen LogP contribution in [0.15, 0.2) is 29.2 Å². The number of amides is 1. The van der Waals surface area contributed by atoms with Gasteiger partial charge < -0.3 is 5.32 Å². The van der Waals surface area contributed by atoms with Gasteiger partial charge in [-0.2, -0.15) is 0 Å². The zero-order chi connectivity index (χ0) is 14.8. The van der Waals surface area contributed by atoms with E-state index in [9.17, 15) is 13.2 Å². The molecule has 0 saturated heterocycles. The molecule has 0 bridgehead atoms. The number of nitrogens with one attached hydrogen (secondary N) is 1. The standard InChI is InChI=1S/C14H18ClNO3S/c1-2-14(7-4-8-14)10-16-13(17)11-5-3-6-12(9-11)20(15,18)19/h3,5-6,9H,2,4,7-8,10H2,1H3,(H,16,17). The van der Waals surface area contributed by atoms with Gasteiger partial charge in [0.05, 0.1) is 4.90 Å². The summed E-state index contributed by atoms with van der Waals surface area (Å²) in [5, 5.41) is 2.89. The van der Waals surface area contributed by atoms with Crippen LogP contribution in [0.2, 0.25) is 0 Å². The molecule has 1 aromatic rings. The highest BCUT2D eigenvalue weighted by Gasteiger charge is 2.35. The summed E-state index contributed by atoms with van der Waals surface area (Å²) >= 11 is 0. The summed E-state index contributed by atoms with van der Waals surface area (Å²) in [5.74, 6) is -0.258. The smallest absolute Gasteiger partial charge is 0.261 e. The van der Waals surface area contributed by atoms with Gasteiger partial charge in [-0.3, -0.25) is 4.79 Å². The van der Waals surface area contributed by atoms with E-state index in [0.29, 0.717) is 12.1 Å². The summed E-state index contributed by atoms with van der Waals surface area (Å²) in [4.78, 5) is 12.0. The Balaban J connectivity index is 2.06. The van der Waals surface area contributed by atoms with Gasteiger partial charge in [-0.05, 0) is 42.9 Å². The minimum absolute atomic E-state index is 0.0549. The molecular formula is C14H18ClNO3S. The third-order valence-electron chi connectivity index (χ3n) is 4.17. The fraction of sp³-hybridized carbons (Fsp3) is 0.500. The van der Waals surface area contributed by atoms with E-state index in [4.69, 9.17) is 10.7 Å². The third-order valence-corrected chi connectivity index (χ3v) is 5.52. The van der Waals surface area contributed by atoms with Gasteiger partial charge in [0.1, 0.15) is 0 Å². The van der Waals surface area contributed by atoms with Crippen molar-refractivity contribution < 1.29 is 13.2 Å². The maximum Gasteiger partial charge on any atom is 0.261 e. The molecule has 0 heterocycles. The average Bonchev–Trinajstić information content (AvgIpc) is 2.37. The first-order chi connectivity index (χ1) is 9.36. The van der Waals surface area contributed by atoms with E-state index in [1.807, 2.05) is 0 Å². The molecule has 1 aromatic carbocycles. The Morgan fingerprint density at radius 2 is 2.10 bits per heavy atom. The Morgan fingerprint density at radius 3 is 2.60 bits per heavy atom. The predicted octanol–water partition coefficient (Wildman–Crippen LogP) is 2.92. The molecule has 110 valence electrons. The number of carbonyl (C=O) groups excluding carboxylic acids is 1. The van der Waals surface area contributed by atoms with Crippen LogP contribution in [-0.2, 0) is 9.05 Å². The molecule has 0 radical (unpaired) electrons. The largest absolute Gasteiger partial charge is 0.351 e. The Morgan fingerprint density at radius 1 is 1.40 bits per heavy atom. The molecule has 1 aliphatic rings. The first-order valence-electron chi connectivity index (χ1n) is 6.69. The van der Waals surface area contributed by atoms with Crippen molar-refractivity contribution in [3.05, 3.63) is 29.8 Å². The second kappa shape index (κ2) is 5.74. The van der Waals surface area contributed by atoms with Crippen molar-refractivity contribution in [3.63, 3.8) is 0 Å². The zero-order valence-corrected chi connectivity index (χ0v) is 12.9. The number of hydrogen-bond donors (Lipinski definition) is 1. The van der Waals surface area contributed by atoms with E-state index < -0.39 is 9.05 Å². The number of rotatable bonds is 5. The lowest BCUT2D eigenvalue weighted by molar-refractivity contribution is 0.0850. The molecular weight excluding hydrogens is 298 g/mol. The topological polar surface area (TPSA) is 63.2 Å². The van der Waals surface area contributed by atoms with Crippen LogP contribution in [0.5, 0.6) is 0 Å². The number of carbonyl (C=O) groups is 1. The second-order valence-corrected chi connectivity index (χ2v) is 7.92. The van der Waals surface area contributed by atoms with Crippen LogP contribution in [0.1, 0.15) is 43.0 Å². The second-order valence-electron chi connectivity index (χ2n) is 5.36. The third kappa shape index (κ3) is 3.33. The molecule has 4 nitrogen and oxygen atoms in total. The van der Waals surface area contributed by atoms with Crippen molar-refractivity contribution in [2.45, 2.75) is 37.5 Å². The van der Waals surface area contributed by atoms with Gasteiger partial charge in [-0.15, -0.1) is 0 Å². The maximum absolute atomic E-state index is 12.1. The quantitative estimate of drug-likeness (QED) is 0.850. The lowest BCUT2D eigenvalue weighted by Gasteiger charge is -2.41. The van der Waals surface area contributed by atoms with E-state index in [1.54, 1.807) is 6.07 Å². The van der Waals surface area contributed by atoms with Crippen LogP contribution in [-0.4, -0.2) is 20.9 Å². The van der Waals surface area contributed by atoms with E-state index in [1.165, 1.54) is 24.6 Å². The van der Waals surface area contributed by atoms with Crippen LogP contribution in [0.25, 0.3) is 0 Å². The van der Waals surface area contributed by atoms with E-state index in [2.05, 4.69) is 12.2 Å². The van der Waals surface area contributed by atoms with Gasteiger partial charge in [0, 0.05) is 22.8 Å². The van der Waals surface area contributed by atoms with E-state index in [0.717, 1.165) is 19.3 Å². The van der Waals surface area contributed by atoms with Crippen LogP contribution in [0.3, 0.4) is 0 Å². The Kier molecular flexibility index (Phi) is 4.39. The first kappa shape index (κ1) is 15.3. The summed E-state index contributed by atoms with van der Waals surface area (Å²) in [7, 11) is 1.47. The molecule has 1 aliphatic carbocycles. The molecule has 0 spiro atoms. The highest BCUT2D eigenvalue weighted by Crippen LogP contribution is 2.43. The highest BCUT2D eigenvalue weighted by atomic mass is 35.7. The van der Waals surface area contributed by atoms with Gasteiger partial charge in [0.15, 0.2) is 0 Å². The van der Waals surface area contributed by atoms with Gasteiger partial charge in [0.2, 0.25) is 0 Å². The Hall–Kier alpha value is -1.07. The normalized spacial score (nSPS) is 17.3. The number of halogens is 1. The molecule has 1 fully saturated rings. The van der Waals surface area contributed by atoms with Crippen molar-refractivity contribution in [3.8, 4) is 0 Å². The predicted molar refractivity (Wildman–Crippen MR) is 78.4 cm³/mol. The minimum atomic E-state index is -3.81. The molecule has 0 aromatic heterocycles. The molecule has 1 N–H and O–H groups in total. The molecule has 0 unspecified atom stereocenters. The van der Waals surface area contributed by atoms with Crippen LogP contribution in [0, 0.1) is 5.41 Å². The fourth-order valence-corrected chi connectivity index (χ4v) is 3.29. The summed E-state index contributed by atoms with van der Waals surface area (Å²) in [6.07, 6.45) is 4.53. The van der Waals surface area contributed by atoms with Gasteiger partial charge >= 0.3 is 0 Å². The van der Waals surface area contributed by atoms with Crippen molar-refractivity contribution in [1.29, 1.82) is 0 Å². The lowest BCUT2D eigenvalue weighted by Crippen LogP contribution is -2.41. The first-order valence-corrected chi connectivity index (χ1v) is 9.00. The van der Waals surface area contributed by atoms with Crippen LogP contribution < -0.4 is 5.32 Å². The van der Waals surface area contributed by atoms with Crippen molar-refractivity contribution >= 4 is 25.6 Å². The number of benzene rings is 1. The molecule has 0 atom stereocenters. The van der Waals surface area contributed by atoms with Gasteiger partial charge in [0.25, 0.3) is 15.0 Å². The van der Waals surface area contributed by atoms with Gasteiger partial charge in [-0.25, -0.2) is 8.42 Å². The zero-order valence-electron chi connectivity index (χ0n) is 11.4. The fourth-order valence-electron chi connectivity index (χ4n) is 2.49. The van der Waals surface area contributed by atoms with Crippen LogP contribution in [0.4, 0.5) is 0 Å². The SMILES string of the molecule is CCC1(CNC(=O)c2cccc(S(=O)(=O)Cl)c2)CCC1. The average molecular weight is 316 g/mol. The molecule has 20 heavy (non-hydrogen) atoms. The van der Waals surface area contributed by atoms with E-state index in [-0.39, 0.29) is 16.2 Å².